The Labute approximate surface area is 148 Å². The van der Waals surface area contributed by atoms with Gasteiger partial charge in [-0.1, -0.05) is 18.2 Å². The van der Waals surface area contributed by atoms with Crippen molar-refractivity contribution in [3.63, 3.8) is 0 Å². The van der Waals surface area contributed by atoms with Gasteiger partial charge in [-0.25, -0.2) is 4.98 Å². The van der Waals surface area contributed by atoms with Crippen LogP contribution in [0, 0.1) is 0 Å². The number of benzene rings is 2. The van der Waals surface area contributed by atoms with E-state index in [1.54, 1.807) is 6.20 Å². The molecule has 0 aliphatic rings. The van der Waals surface area contributed by atoms with E-state index in [9.17, 15) is 0 Å². The van der Waals surface area contributed by atoms with Crippen LogP contribution in [-0.4, -0.2) is 23.1 Å². The highest BCUT2D eigenvalue weighted by Gasteiger charge is 2.10. The van der Waals surface area contributed by atoms with E-state index in [-0.39, 0.29) is 0 Å². The highest BCUT2D eigenvalue weighted by molar-refractivity contribution is 5.61. The zero-order valence-electron chi connectivity index (χ0n) is 14.5. The topological polar surface area (TPSA) is 50.3 Å². The molecule has 0 spiro atoms. The highest BCUT2D eigenvalue weighted by Crippen LogP contribution is 2.24. The molecule has 1 aromatic heterocycles. The molecule has 0 saturated heterocycles. The molecular formula is C20H22N4O. The normalized spacial score (nSPS) is 10.3. The first-order valence-corrected chi connectivity index (χ1v) is 8.45. The van der Waals surface area contributed by atoms with E-state index >= 15 is 0 Å². The van der Waals surface area contributed by atoms with Crippen molar-refractivity contribution in [2.24, 2.45) is 0 Å². The third kappa shape index (κ3) is 4.26. The predicted molar refractivity (Wildman–Crippen MR) is 102 cm³/mol. The number of nitrogens with zero attached hydrogens (tertiary/aromatic N) is 3. The molecule has 3 aromatic rings. The van der Waals surface area contributed by atoms with Crippen molar-refractivity contribution >= 4 is 23.1 Å². The fraction of sp³-hybridized carbons (Fsp3) is 0.200. The molecule has 25 heavy (non-hydrogen) atoms. The average molecular weight is 334 g/mol. The maximum atomic E-state index is 5.47. The Kier molecular flexibility index (Phi) is 5.46. The van der Waals surface area contributed by atoms with E-state index in [0.717, 1.165) is 29.5 Å². The van der Waals surface area contributed by atoms with Crippen molar-refractivity contribution in [3.8, 4) is 5.75 Å². The molecule has 0 aliphatic heterocycles. The Bertz CT molecular complexity index is 790. The molecule has 5 heteroatoms. The first-order chi connectivity index (χ1) is 12.3. The van der Waals surface area contributed by atoms with Crippen molar-refractivity contribution in [2.75, 3.05) is 23.4 Å². The molecule has 0 fully saturated rings. The van der Waals surface area contributed by atoms with Crippen LogP contribution in [0.2, 0.25) is 0 Å². The van der Waals surface area contributed by atoms with E-state index in [0.29, 0.717) is 12.6 Å². The number of aromatic nitrogens is 2. The van der Waals surface area contributed by atoms with Gasteiger partial charge in [-0.05, 0) is 56.3 Å². The Morgan fingerprint density at radius 1 is 0.960 bits per heavy atom. The van der Waals surface area contributed by atoms with Crippen LogP contribution in [0.4, 0.5) is 23.1 Å². The Hall–Kier alpha value is -3.08. The maximum Gasteiger partial charge on any atom is 0.231 e. The summed E-state index contributed by atoms with van der Waals surface area (Å²) in [5.41, 5.74) is 2.03. The summed E-state index contributed by atoms with van der Waals surface area (Å²) in [6, 6.07) is 19.8. The second kappa shape index (κ2) is 8.15. The molecule has 0 aliphatic carbocycles. The summed E-state index contributed by atoms with van der Waals surface area (Å²) in [6.07, 6.45) is 1.77. The first kappa shape index (κ1) is 16.8. The number of nitrogens with one attached hydrogen (secondary N) is 1. The summed E-state index contributed by atoms with van der Waals surface area (Å²) in [7, 11) is 0. The summed E-state index contributed by atoms with van der Waals surface area (Å²) in [5.74, 6) is 2.28. The second-order valence-electron chi connectivity index (χ2n) is 5.40. The third-order valence-electron chi connectivity index (χ3n) is 3.71. The van der Waals surface area contributed by atoms with Crippen molar-refractivity contribution in [2.45, 2.75) is 13.8 Å². The van der Waals surface area contributed by atoms with Crippen molar-refractivity contribution in [3.05, 3.63) is 66.9 Å². The SMILES string of the molecule is CCOc1ccc(Nc2ccnc(N(CC)c3ccccc3)n2)cc1. The number of ether oxygens (including phenoxy) is 1. The van der Waals surface area contributed by atoms with Crippen molar-refractivity contribution in [1.29, 1.82) is 0 Å². The van der Waals surface area contributed by atoms with Crippen LogP contribution in [0.15, 0.2) is 66.9 Å². The highest BCUT2D eigenvalue weighted by atomic mass is 16.5. The summed E-state index contributed by atoms with van der Waals surface area (Å²) in [6.45, 7) is 5.51. The smallest absolute Gasteiger partial charge is 0.231 e. The van der Waals surface area contributed by atoms with Crippen LogP contribution in [0.25, 0.3) is 0 Å². The number of hydrogen-bond acceptors (Lipinski definition) is 5. The van der Waals surface area contributed by atoms with Crippen molar-refractivity contribution < 1.29 is 4.74 Å². The summed E-state index contributed by atoms with van der Waals surface area (Å²) in [4.78, 5) is 11.1. The van der Waals surface area contributed by atoms with Gasteiger partial charge < -0.3 is 15.0 Å². The Balaban J connectivity index is 1.79. The van der Waals surface area contributed by atoms with Crippen LogP contribution >= 0.6 is 0 Å². The largest absolute Gasteiger partial charge is 0.494 e. The molecular weight excluding hydrogens is 312 g/mol. The van der Waals surface area contributed by atoms with Gasteiger partial charge >= 0.3 is 0 Å². The first-order valence-electron chi connectivity index (χ1n) is 8.45. The summed E-state index contributed by atoms with van der Waals surface area (Å²) in [5, 5.41) is 3.31. The molecule has 1 N–H and O–H groups in total. The van der Waals surface area contributed by atoms with Crippen LogP contribution in [-0.2, 0) is 0 Å². The van der Waals surface area contributed by atoms with Crippen LogP contribution in [0.1, 0.15) is 13.8 Å². The fourth-order valence-corrected chi connectivity index (χ4v) is 2.54. The molecule has 2 aromatic carbocycles. The van der Waals surface area contributed by atoms with Gasteiger partial charge in [-0.3, -0.25) is 0 Å². The Morgan fingerprint density at radius 2 is 1.72 bits per heavy atom. The molecule has 0 atom stereocenters. The zero-order valence-corrected chi connectivity index (χ0v) is 14.5. The fourth-order valence-electron chi connectivity index (χ4n) is 2.54. The number of rotatable bonds is 7. The van der Waals surface area contributed by atoms with E-state index < -0.39 is 0 Å². The van der Waals surface area contributed by atoms with Gasteiger partial charge in [-0.15, -0.1) is 0 Å². The standard InChI is InChI=1S/C20H22N4O/c1-3-24(17-8-6-5-7-9-17)20-21-15-14-19(23-20)22-16-10-12-18(13-11-16)25-4-2/h5-15H,3-4H2,1-2H3,(H,21,22,23). The lowest BCUT2D eigenvalue weighted by atomic mass is 10.3. The van der Waals surface area contributed by atoms with Gasteiger partial charge in [0.05, 0.1) is 6.61 Å². The van der Waals surface area contributed by atoms with Gasteiger partial charge in [-0.2, -0.15) is 4.98 Å². The number of hydrogen-bond donors (Lipinski definition) is 1. The van der Waals surface area contributed by atoms with Crippen LogP contribution in [0.3, 0.4) is 0 Å². The van der Waals surface area contributed by atoms with E-state index in [4.69, 9.17) is 4.74 Å². The van der Waals surface area contributed by atoms with Gasteiger partial charge in [0.1, 0.15) is 11.6 Å². The zero-order chi connectivity index (χ0) is 17.5. The molecule has 3 rings (SSSR count). The molecule has 128 valence electrons. The quantitative estimate of drug-likeness (QED) is 0.674. The minimum Gasteiger partial charge on any atom is -0.494 e. The van der Waals surface area contributed by atoms with Gasteiger partial charge in [0, 0.05) is 24.1 Å². The minimum absolute atomic E-state index is 0.661. The van der Waals surface area contributed by atoms with Crippen LogP contribution in [0.5, 0.6) is 5.75 Å². The maximum absolute atomic E-state index is 5.47. The molecule has 0 amide bonds. The lowest BCUT2D eigenvalue weighted by molar-refractivity contribution is 0.340. The number of anilines is 4. The summed E-state index contributed by atoms with van der Waals surface area (Å²) >= 11 is 0. The predicted octanol–water partition coefficient (Wildman–Crippen LogP) is 4.78. The van der Waals surface area contributed by atoms with Crippen LogP contribution < -0.4 is 15.0 Å². The van der Waals surface area contributed by atoms with E-state index in [2.05, 4.69) is 39.2 Å². The number of para-hydroxylation sites is 1. The molecule has 0 unspecified atom stereocenters. The average Bonchev–Trinajstić information content (AvgIpc) is 2.66. The van der Waals surface area contributed by atoms with Gasteiger partial charge in [0.25, 0.3) is 0 Å². The lowest BCUT2D eigenvalue weighted by Gasteiger charge is -2.21. The Morgan fingerprint density at radius 3 is 2.40 bits per heavy atom. The molecule has 1 heterocycles. The molecule has 5 nitrogen and oxygen atoms in total. The van der Waals surface area contributed by atoms with E-state index in [1.807, 2.05) is 55.5 Å². The van der Waals surface area contributed by atoms with E-state index in [1.165, 1.54) is 0 Å². The minimum atomic E-state index is 0.661. The van der Waals surface area contributed by atoms with Gasteiger partial charge in [0.15, 0.2) is 0 Å². The van der Waals surface area contributed by atoms with Crippen molar-refractivity contribution in [1.82, 2.24) is 9.97 Å². The summed E-state index contributed by atoms with van der Waals surface area (Å²) < 4.78 is 5.47. The second-order valence-corrected chi connectivity index (χ2v) is 5.40. The van der Waals surface area contributed by atoms with Gasteiger partial charge in [0.2, 0.25) is 5.95 Å². The third-order valence-corrected chi connectivity index (χ3v) is 3.71. The monoisotopic (exact) mass is 334 g/mol. The molecule has 0 bridgehead atoms. The molecule has 0 radical (unpaired) electrons. The molecule has 0 saturated carbocycles. The lowest BCUT2D eigenvalue weighted by Crippen LogP contribution is -2.18.